The second-order valence-electron chi connectivity index (χ2n) is 7.76. The minimum Gasteiger partial charge on any atom is -0.300 e. The summed E-state index contributed by atoms with van der Waals surface area (Å²) in [6.45, 7) is 13.0. The highest BCUT2D eigenvalue weighted by Crippen LogP contribution is 2.15. The molecule has 0 aromatic heterocycles. The van der Waals surface area contributed by atoms with Gasteiger partial charge in [0, 0.05) is 6.42 Å². The average molecular weight is 333 g/mol. The van der Waals surface area contributed by atoms with Gasteiger partial charge >= 0.3 is 0 Å². The number of rotatable bonds is 13. The van der Waals surface area contributed by atoms with Crippen molar-refractivity contribution >= 4 is 5.78 Å². The third-order valence-electron chi connectivity index (χ3n) is 4.40. The van der Waals surface area contributed by atoms with E-state index in [0.29, 0.717) is 6.42 Å². The number of carbonyl (C=O) groups is 1. The van der Waals surface area contributed by atoms with Gasteiger partial charge in [-0.25, -0.2) is 0 Å². The fourth-order valence-corrected chi connectivity index (χ4v) is 2.71. The molecular formula is C23H40O. The third-order valence-corrected chi connectivity index (χ3v) is 4.40. The van der Waals surface area contributed by atoms with Crippen LogP contribution >= 0.6 is 0 Å². The van der Waals surface area contributed by atoms with Crippen LogP contribution in [0.3, 0.4) is 0 Å². The smallest absolute Gasteiger partial charge is 0.130 e. The van der Waals surface area contributed by atoms with Crippen LogP contribution in [-0.4, -0.2) is 5.78 Å². The average Bonchev–Trinajstić information content (AvgIpc) is 2.46. The highest BCUT2D eigenvalue weighted by molar-refractivity contribution is 5.75. The summed E-state index contributed by atoms with van der Waals surface area (Å²) in [5.74, 6) is 1.10. The molecule has 0 aliphatic rings. The molecule has 0 spiro atoms. The maximum Gasteiger partial charge on any atom is 0.130 e. The van der Waals surface area contributed by atoms with E-state index in [2.05, 4.69) is 52.8 Å². The quantitative estimate of drug-likeness (QED) is 0.318. The van der Waals surface area contributed by atoms with Crippen LogP contribution in [0.25, 0.3) is 0 Å². The van der Waals surface area contributed by atoms with Crippen LogP contribution in [-0.2, 0) is 4.79 Å². The van der Waals surface area contributed by atoms with Crippen LogP contribution in [0.5, 0.6) is 0 Å². The van der Waals surface area contributed by atoms with Gasteiger partial charge in [0.05, 0.1) is 0 Å². The van der Waals surface area contributed by atoms with Crippen molar-refractivity contribution in [1.29, 1.82) is 0 Å². The van der Waals surface area contributed by atoms with Gasteiger partial charge in [-0.1, -0.05) is 55.2 Å². The Balaban J connectivity index is 3.92. The van der Waals surface area contributed by atoms with Crippen molar-refractivity contribution in [3.63, 3.8) is 0 Å². The first kappa shape index (κ1) is 22.9. The minimum atomic E-state index is 0.280. The summed E-state index contributed by atoms with van der Waals surface area (Å²) in [7, 11) is 0. The maximum atomic E-state index is 10.9. The lowest BCUT2D eigenvalue weighted by Crippen LogP contribution is -1.88. The van der Waals surface area contributed by atoms with E-state index in [-0.39, 0.29) is 5.78 Å². The van der Waals surface area contributed by atoms with E-state index in [0.717, 1.165) is 25.2 Å². The van der Waals surface area contributed by atoms with Crippen LogP contribution in [0.1, 0.15) is 99.3 Å². The predicted octanol–water partition coefficient (Wildman–Crippen LogP) is 7.58. The number of hydrogen-bond donors (Lipinski definition) is 0. The molecule has 138 valence electrons. The van der Waals surface area contributed by atoms with Gasteiger partial charge in [0.1, 0.15) is 5.78 Å². The van der Waals surface area contributed by atoms with Crippen molar-refractivity contribution < 1.29 is 4.79 Å². The largest absolute Gasteiger partial charge is 0.300 e. The molecule has 0 rings (SSSR count). The van der Waals surface area contributed by atoms with Gasteiger partial charge in [-0.05, 0) is 78.6 Å². The Morgan fingerprint density at radius 2 is 1.12 bits per heavy atom. The van der Waals surface area contributed by atoms with Gasteiger partial charge in [-0.2, -0.15) is 0 Å². The van der Waals surface area contributed by atoms with Crippen molar-refractivity contribution in [2.75, 3.05) is 0 Å². The topological polar surface area (TPSA) is 17.1 Å². The zero-order valence-corrected chi connectivity index (χ0v) is 17.1. The third kappa shape index (κ3) is 15.8. The highest BCUT2D eigenvalue weighted by atomic mass is 16.1. The molecule has 1 heteroatoms. The molecule has 0 bridgehead atoms. The maximum absolute atomic E-state index is 10.9. The molecule has 0 saturated heterocycles. The Morgan fingerprint density at radius 1 is 0.708 bits per heavy atom. The lowest BCUT2D eigenvalue weighted by molar-refractivity contribution is -0.116. The van der Waals surface area contributed by atoms with E-state index < -0.39 is 0 Å². The Hall–Kier alpha value is -1.11. The van der Waals surface area contributed by atoms with Crippen molar-refractivity contribution in [1.82, 2.24) is 0 Å². The first-order valence-corrected chi connectivity index (χ1v) is 9.77. The molecule has 1 nitrogen and oxygen atoms in total. The number of hydrogen-bond acceptors (Lipinski definition) is 1. The highest BCUT2D eigenvalue weighted by Gasteiger charge is 1.96. The van der Waals surface area contributed by atoms with Gasteiger partial charge < -0.3 is 4.79 Å². The molecule has 0 N–H and O–H groups in total. The normalized spacial score (nSPS) is 13.7. The van der Waals surface area contributed by atoms with E-state index in [1.165, 1.54) is 43.3 Å². The van der Waals surface area contributed by atoms with Crippen molar-refractivity contribution in [3.8, 4) is 0 Å². The van der Waals surface area contributed by atoms with Gasteiger partial charge in [-0.15, -0.1) is 0 Å². The molecule has 0 radical (unpaired) electrons. The summed E-state index contributed by atoms with van der Waals surface area (Å²) in [4.78, 5) is 10.9. The standard InChI is InChI=1S/C23H40O/c1-19(2)11-7-12-20(3)13-8-14-21(4)15-9-16-22(5)17-10-18-23(6)24/h13,15,17,19H,7-12,14,16,18H2,1-6H3/b20-13+,21-15-,22-17-. The van der Waals surface area contributed by atoms with Crippen LogP contribution in [0.15, 0.2) is 34.9 Å². The summed E-state index contributed by atoms with van der Waals surface area (Å²) >= 11 is 0. The predicted molar refractivity (Wildman–Crippen MR) is 108 cm³/mol. The van der Waals surface area contributed by atoms with Gasteiger partial charge in [0.25, 0.3) is 0 Å². The minimum absolute atomic E-state index is 0.280. The second kappa shape index (κ2) is 14.3. The zero-order valence-electron chi connectivity index (χ0n) is 17.1. The van der Waals surface area contributed by atoms with E-state index >= 15 is 0 Å². The van der Waals surface area contributed by atoms with Gasteiger partial charge in [0.2, 0.25) is 0 Å². The second-order valence-corrected chi connectivity index (χ2v) is 7.76. The summed E-state index contributed by atoms with van der Waals surface area (Å²) in [5.41, 5.74) is 4.45. The van der Waals surface area contributed by atoms with E-state index in [1.807, 2.05) is 0 Å². The summed E-state index contributed by atoms with van der Waals surface area (Å²) in [6.07, 6.45) is 17.1. The monoisotopic (exact) mass is 332 g/mol. The van der Waals surface area contributed by atoms with E-state index in [4.69, 9.17) is 0 Å². The number of ketones is 1. The van der Waals surface area contributed by atoms with Crippen molar-refractivity contribution in [3.05, 3.63) is 34.9 Å². The fourth-order valence-electron chi connectivity index (χ4n) is 2.71. The molecule has 0 heterocycles. The molecule has 0 fully saturated rings. The van der Waals surface area contributed by atoms with Crippen LogP contribution in [0, 0.1) is 5.92 Å². The summed E-state index contributed by atoms with van der Waals surface area (Å²) in [5, 5.41) is 0. The van der Waals surface area contributed by atoms with Crippen LogP contribution < -0.4 is 0 Å². The number of carbonyl (C=O) groups excluding carboxylic acids is 1. The first-order valence-electron chi connectivity index (χ1n) is 9.77. The lowest BCUT2D eigenvalue weighted by Gasteiger charge is -2.05. The van der Waals surface area contributed by atoms with Crippen molar-refractivity contribution in [2.24, 2.45) is 5.92 Å². The van der Waals surface area contributed by atoms with Gasteiger partial charge in [0.15, 0.2) is 0 Å². The molecular weight excluding hydrogens is 292 g/mol. The molecule has 24 heavy (non-hydrogen) atoms. The Labute approximate surface area is 151 Å². The van der Waals surface area contributed by atoms with Crippen LogP contribution in [0.4, 0.5) is 0 Å². The Kier molecular flexibility index (Phi) is 13.6. The molecule has 0 amide bonds. The number of Topliss-reactive ketones (excluding diaryl/α,β-unsaturated/α-hetero) is 1. The molecule has 0 aromatic carbocycles. The van der Waals surface area contributed by atoms with E-state index in [9.17, 15) is 4.79 Å². The first-order chi connectivity index (χ1) is 11.3. The SMILES string of the molecule is CC(=O)CC/C=C(/C)CC/C=C(/C)CC/C=C(\C)CCCC(C)C. The Bertz CT molecular complexity index is 435. The molecule has 0 aliphatic carbocycles. The summed E-state index contributed by atoms with van der Waals surface area (Å²) < 4.78 is 0. The van der Waals surface area contributed by atoms with E-state index in [1.54, 1.807) is 12.5 Å². The molecule has 0 atom stereocenters. The molecule has 0 unspecified atom stereocenters. The fraction of sp³-hybridized carbons (Fsp3) is 0.696. The number of allylic oxidation sites excluding steroid dienone is 6. The Morgan fingerprint density at radius 3 is 1.54 bits per heavy atom. The zero-order chi connectivity index (χ0) is 18.4. The lowest BCUT2D eigenvalue weighted by atomic mass is 10.0. The summed E-state index contributed by atoms with van der Waals surface area (Å²) in [6, 6.07) is 0. The molecule has 0 saturated carbocycles. The van der Waals surface area contributed by atoms with Crippen LogP contribution in [0.2, 0.25) is 0 Å². The van der Waals surface area contributed by atoms with Gasteiger partial charge in [-0.3, -0.25) is 0 Å². The molecule has 0 aliphatic heterocycles. The molecule has 0 aromatic rings. The van der Waals surface area contributed by atoms with Crippen molar-refractivity contribution in [2.45, 2.75) is 99.3 Å².